The fourth-order valence-corrected chi connectivity index (χ4v) is 5.33. The van der Waals surface area contributed by atoms with Crippen molar-refractivity contribution in [3.05, 3.63) is 0 Å². The Hall–Kier alpha value is -0.710. The van der Waals surface area contributed by atoms with Crippen LogP contribution in [0, 0.1) is 0 Å². The second kappa shape index (κ2) is 5.24. The molecule has 0 aromatic rings. The molecule has 3 saturated heterocycles. The van der Waals surface area contributed by atoms with Gasteiger partial charge in [-0.3, -0.25) is 9.59 Å². The van der Waals surface area contributed by atoms with E-state index in [-0.39, 0.29) is 22.7 Å². The molecule has 4 nitrogen and oxygen atoms in total. The van der Waals surface area contributed by atoms with Crippen LogP contribution in [0.15, 0.2) is 0 Å². The number of piperidine rings is 1. The molecule has 0 bridgehead atoms. The summed E-state index contributed by atoms with van der Waals surface area (Å²) in [5.74, 6) is 1.14. The summed E-state index contributed by atoms with van der Waals surface area (Å²) >= 11 is 1.79. The SMILES string of the molecule is CCC1CCCCN1C(=O)C1CSC2(C)CCC(=O)N12. The first kappa shape index (κ1) is 14.2. The average Bonchev–Trinajstić information content (AvgIpc) is 2.95. The number of carbonyl (C=O) groups is 2. The van der Waals surface area contributed by atoms with Crippen LogP contribution in [-0.4, -0.2) is 50.9 Å². The first-order valence-electron chi connectivity index (χ1n) is 7.83. The van der Waals surface area contributed by atoms with Crippen molar-refractivity contribution < 1.29 is 9.59 Å². The lowest BCUT2D eigenvalue weighted by Gasteiger charge is -2.39. The van der Waals surface area contributed by atoms with E-state index >= 15 is 0 Å². The summed E-state index contributed by atoms with van der Waals surface area (Å²) < 4.78 is 0. The fourth-order valence-electron chi connectivity index (χ4n) is 3.91. The smallest absolute Gasteiger partial charge is 0.246 e. The average molecular weight is 296 g/mol. The van der Waals surface area contributed by atoms with Gasteiger partial charge in [-0.25, -0.2) is 0 Å². The lowest BCUT2D eigenvalue weighted by Crippen LogP contribution is -2.54. The third kappa shape index (κ3) is 2.14. The number of rotatable bonds is 2. The molecule has 2 amide bonds. The predicted octanol–water partition coefficient (Wildman–Crippen LogP) is 2.23. The van der Waals surface area contributed by atoms with Gasteiger partial charge in [0.1, 0.15) is 6.04 Å². The Bertz CT molecular complexity index is 428. The molecule has 3 heterocycles. The van der Waals surface area contributed by atoms with E-state index in [4.69, 9.17) is 0 Å². The molecule has 0 saturated carbocycles. The van der Waals surface area contributed by atoms with Gasteiger partial charge < -0.3 is 9.80 Å². The molecule has 3 atom stereocenters. The van der Waals surface area contributed by atoms with E-state index in [2.05, 4.69) is 18.7 Å². The molecule has 5 heteroatoms. The van der Waals surface area contributed by atoms with E-state index in [1.54, 1.807) is 11.8 Å². The number of hydrogen-bond acceptors (Lipinski definition) is 3. The molecular weight excluding hydrogens is 272 g/mol. The molecule has 0 aromatic carbocycles. The van der Waals surface area contributed by atoms with Crippen molar-refractivity contribution in [2.75, 3.05) is 12.3 Å². The van der Waals surface area contributed by atoms with Crippen molar-refractivity contribution >= 4 is 23.6 Å². The van der Waals surface area contributed by atoms with Crippen molar-refractivity contribution in [2.45, 2.75) is 69.3 Å². The minimum absolute atomic E-state index is 0.130. The van der Waals surface area contributed by atoms with Gasteiger partial charge in [-0.1, -0.05) is 6.92 Å². The van der Waals surface area contributed by atoms with Crippen molar-refractivity contribution in [1.29, 1.82) is 0 Å². The van der Waals surface area contributed by atoms with Crippen LogP contribution in [0.3, 0.4) is 0 Å². The largest absolute Gasteiger partial charge is 0.338 e. The molecule has 0 aromatic heterocycles. The third-order valence-corrected chi connectivity index (χ3v) is 6.62. The summed E-state index contributed by atoms with van der Waals surface area (Å²) in [6.07, 6.45) is 5.96. The molecule has 112 valence electrons. The number of fused-ring (bicyclic) bond motifs is 1. The Morgan fingerprint density at radius 3 is 3.00 bits per heavy atom. The first-order valence-corrected chi connectivity index (χ1v) is 8.82. The maximum atomic E-state index is 12.9. The molecule has 3 aliphatic heterocycles. The molecule has 3 unspecified atom stereocenters. The number of nitrogens with zero attached hydrogens (tertiary/aromatic N) is 2. The highest BCUT2D eigenvalue weighted by molar-refractivity contribution is 8.01. The summed E-state index contributed by atoms with van der Waals surface area (Å²) in [4.78, 5) is 28.9. The van der Waals surface area contributed by atoms with Gasteiger partial charge in [0.15, 0.2) is 0 Å². The van der Waals surface area contributed by atoms with Gasteiger partial charge in [-0.05, 0) is 39.0 Å². The predicted molar refractivity (Wildman–Crippen MR) is 80.4 cm³/mol. The zero-order valence-electron chi connectivity index (χ0n) is 12.4. The fraction of sp³-hybridized carbons (Fsp3) is 0.867. The molecule has 20 heavy (non-hydrogen) atoms. The van der Waals surface area contributed by atoms with Crippen molar-refractivity contribution in [3.8, 4) is 0 Å². The van der Waals surface area contributed by atoms with E-state index in [9.17, 15) is 9.59 Å². The maximum Gasteiger partial charge on any atom is 0.246 e. The summed E-state index contributed by atoms with van der Waals surface area (Å²) in [7, 11) is 0. The van der Waals surface area contributed by atoms with Gasteiger partial charge in [0.2, 0.25) is 11.8 Å². The zero-order valence-corrected chi connectivity index (χ0v) is 13.2. The standard InChI is InChI=1S/C15H24N2O2S/c1-3-11-6-4-5-9-16(11)14(19)12-10-20-15(2)8-7-13(18)17(12)15/h11-12H,3-10H2,1-2H3. The van der Waals surface area contributed by atoms with Crippen LogP contribution in [-0.2, 0) is 9.59 Å². The van der Waals surface area contributed by atoms with E-state index in [1.165, 1.54) is 6.42 Å². The summed E-state index contributed by atoms with van der Waals surface area (Å²) in [6, 6.07) is 0.165. The molecule has 0 radical (unpaired) electrons. The van der Waals surface area contributed by atoms with Crippen LogP contribution in [0.1, 0.15) is 52.4 Å². The Morgan fingerprint density at radius 1 is 1.45 bits per heavy atom. The minimum Gasteiger partial charge on any atom is -0.338 e. The Labute approximate surface area is 125 Å². The lowest BCUT2D eigenvalue weighted by atomic mass is 9.99. The van der Waals surface area contributed by atoms with E-state index < -0.39 is 0 Å². The Kier molecular flexibility index (Phi) is 3.73. The molecule has 3 aliphatic rings. The van der Waals surface area contributed by atoms with Gasteiger partial charge in [0, 0.05) is 24.8 Å². The highest BCUT2D eigenvalue weighted by Gasteiger charge is 2.53. The van der Waals surface area contributed by atoms with Crippen LogP contribution in [0.4, 0.5) is 0 Å². The van der Waals surface area contributed by atoms with Crippen LogP contribution >= 0.6 is 11.8 Å². The van der Waals surface area contributed by atoms with Crippen molar-refractivity contribution in [3.63, 3.8) is 0 Å². The lowest BCUT2D eigenvalue weighted by molar-refractivity contribution is -0.146. The van der Waals surface area contributed by atoms with Gasteiger partial charge in [-0.2, -0.15) is 0 Å². The highest BCUT2D eigenvalue weighted by Crippen LogP contribution is 2.47. The number of hydrogen-bond donors (Lipinski definition) is 0. The van der Waals surface area contributed by atoms with Gasteiger partial charge >= 0.3 is 0 Å². The summed E-state index contributed by atoms with van der Waals surface area (Å²) in [6.45, 7) is 5.14. The van der Waals surface area contributed by atoms with E-state index in [0.29, 0.717) is 12.5 Å². The summed E-state index contributed by atoms with van der Waals surface area (Å²) in [5.41, 5.74) is 0. The van der Waals surface area contributed by atoms with Crippen LogP contribution in [0.25, 0.3) is 0 Å². The Balaban J connectivity index is 1.78. The van der Waals surface area contributed by atoms with Crippen molar-refractivity contribution in [1.82, 2.24) is 9.80 Å². The number of amides is 2. The summed E-state index contributed by atoms with van der Waals surface area (Å²) in [5, 5.41) is 0. The highest BCUT2D eigenvalue weighted by atomic mass is 32.2. The monoisotopic (exact) mass is 296 g/mol. The van der Waals surface area contributed by atoms with Crippen LogP contribution < -0.4 is 0 Å². The maximum absolute atomic E-state index is 12.9. The van der Waals surface area contributed by atoms with Crippen molar-refractivity contribution in [2.24, 2.45) is 0 Å². The molecule has 3 fully saturated rings. The van der Waals surface area contributed by atoms with Crippen LogP contribution in [0.5, 0.6) is 0 Å². The number of carbonyl (C=O) groups excluding carboxylic acids is 2. The first-order chi connectivity index (χ1) is 9.57. The minimum atomic E-state index is -0.216. The topological polar surface area (TPSA) is 40.6 Å². The number of thioether (sulfide) groups is 1. The quantitative estimate of drug-likeness (QED) is 0.784. The van der Waals surface area contributed by atoms with Gasteiger partial charge in [-0.15, -0.1) is 11.8 Å². The molecule has 0 N–H and O–H groups in total. The van der Waals surface area contributed by atoms with Crippen LogP contribution in [0.2, 0.25) is 0 Å². The second-order valence-electron chi connectivity index (χ2n) is 6.36. The van der Waals surface area contributed by atoms with E-state index in [0.717, 1.165) is 38.0 Å². The third-order valence-electron chi connectivity index (χ3n) is 5.11. The molecule has 3 rings (SSSR count). The molecular formula is C15H24N2O2S. The van der Waals surface area contributed by atoms with E-state index in [1.807, 2.05) is 4.90 Å². The second-order valence-corrected chi connectivity index (χ2v) is 7.86. The Morgan fingerprint density at radius 2 is 2.25 bits per heavy atom. The molecule has 0 spiro atoms. The molecule has 0 aliphatic carbocycles. The van der Waals surface area contributed by atoms with Gasteiger partial charge in [0.05, 0.1) is 4.87 Å². The zero-order chi connectivity index (χ0) is 14.3. The van der Waals surface area contributed by atoms with Gasteiger partial charge in [0.25, 0.3) is 0 Å². The number of likely N-dealkylation sites (tertiary alicyclic amines) is 1. The normalized spacial score (nSPS) is 37.4.